The highest BCUT2D eigenvalue weighted by molar-refractivity contribution is 5.91. The molecule has 0 spiro atoms. The van der Waals surface area contributed by atoms with E-state index in [1.807, 2.05) is 13.0 Å². The third kappa shape index (κ3) is 3.19. The average molecular weight is 385 g/mol. The summed E-state index contributed by atoms with van der Waals surface area (Å²) in [6, 6.07) is 0. The van der Waals surface area contributed by atoms with E-state index in [9.17, 15) is 9.59 Å². The number of ether oxygens (including phenoxy) is 1. The molecule has 0 aliphatic heterocycles. The molecule has 154 valence electrons. The molecule has 4 aliphatic rings. The van der Waals surface area contributed by atoms with Crippen LogP contribution in [-0.2, 0) is 14.3 Å². The molecule has 0 bridgehead atoms. The number of rotatable bonds is 4. The number of carbonyl (C=O) groups excluding carboxylic acids is 2. The molecule has 0 radical (unpaired) electrons. The molecule has 0 aromatic rings. The topological polar surface area (TPSA) is 43.4 Å². The summed E-state index contributed by atoms with van der Waals surface area (Å²) in [5.74, 6) is 3.20. The van der Waals surface area contributed by atoms with Crippen LogP contribution in [0.4, 0.5) is 0 Å². The Hall–Kier alpha value is -1.38. The second kappa shape index (κ2) is 7.46. The van der Waals surface area contributed by atoms with Crippen molar-refractivity contribution in [3.63, 3.8) is 0 Å². The summed E-state index contributed by atoms with van der Waals surface area (Å²) in [5, 5.41) is 0. The van der Waals surface area contributed by atoms with E-state index in [1.54, 1.807) is 6.08 Å². The van der Waals surface area contributed by atoms with Gasteiger partial charge in [-0.05, 0) is 98.9 Å². The quantitative estimate of drug-likeness (QED) is 0.465. The lowest BCUT2D eigenvalue weighted by Gasteiger charge is -2.58. The predicted molar refractivity (Wildman–Crippen MR) is 111 cm³/mol. The Morgan fingerprint density at radius 2 is 1.96 bits per heavy atom. The van der Waals surface area contributed by atoms with Gasteiger partial charge >= 0.3 is 5.97 Å². The SMILES string of the molecule is CCOC(=O)/C=C/C[C@H]1CCC2C3CCC4=CC(=O)CCC4(C)C3CCC21C. The highest BCUT2D eigenvalue weighted by atomic mass is 16.5. The van der Waals surface area contributed by atoms with Gasteiger partial charge < -0.3 is 4.74 Å². The molecule has 3 nitrogen and oxygen atoms in total. The van der Waals surface area contributed by atoms with Crippen molar-refractivity contribution in [1.29, 1.82) is 0 Å². The van der Waals surface area contributed by atoms with E-state index in [0.717, 1.165) is 43.4 Å². The maximum absolute atomic E-state index is 12.0. The zero-order chi connectivity index (χ0) is 19.9. The van der Waals surface area contributed by atoms with E-state index in [1.165, 1.54) is 37.7 Å². The van der Waals surface area contributed by atoms with Gasteiger partial charge in [-0.25, -0.2) is 4.79 Å². The zero-order valence-electron chi connectivity index (χ0n) is 17.8. The van der Waals surface area contributed by atoms with Gasteiger partial charge in [0.05, 0.1) is 6.61 Å². The Bertz CT molecular complexity index is 705. The van der Waals surface area contributed by atoms with E-state index in [-0.39, 0.29) is 11.4 Å². The lowest BCUT2D eigenvalue weighted by Crippen LogP contribution is -2.50. The summed E-state index contributed by atoms with van der Waals surface area (Å²) in [5.41, 5.74) is 2.13. The third-order valence-electron chi connectivity index (χ3n) is 9.12. The van der Waals surface area contributed by atoms with Crippen molar-refractivity contribution in [2.24, 2.45) is 34.5 Å². The van der Waals surface area contributed by atoms with Crippen molar-refractivity contribution in [1.82, 2.24) is 0 Å². The molecule has 5 unspecified atom stereocenters. The fraction of sp³-hybridized carbons (Fsp3) is 0.760. The molecule has 0 saturated heterocycles. The van der Waals surface area contributed by atoms with Crippen molar-refractivity contribution >= 4 is 11.8 Å². The first-order chi connectivity index (χ1) is 13.4. The van der Waals surface area contributed by atoms with Gasteiger partial charge in [0.2, 0.25) is 0 Å². The Labute approximate surface area is 170 Å². The highest BCUT2D eigenvalue weighted by Crippen LogP contribution is 2.67. The van der Waals surface area contributed by atoms with Gasteiger partial charge in [0.25, 0.3) is 0 Å². The van der Waals surface area contributed by atoms with Crippen LogP contribution in [0.3, 0.4) is 0 Å². The first-order valence-electron chi connectivity index (χ1n) is 11.5. The van der Waals surface area contributed by atoms with Gasteiger partial charge in [0.1, 0.15) is 0 Å². The van der Waals surface area contributed by atoms with Crippen molar-refractivity contribution in [2.75, 3.05) is 6.61 Å². The van der Waals surface area contributed by atoms with Crippen molar-refractivity contribution in [3.8, 4) is 0 Å². The van der Waals surface area contributed by atoms with E-state index in [0.29, 0.717) is 23.7 Å². The monoisotopic (exact) mass is 384 g/mol. The zero-order valence-corrected chi connectivity index (χ0v) is 17.8. The van der Waals surface area contributed by atoms with Crippen LogP contribution < -0.4 is 0 Å². The molecule has 6 atom stereocenters. The Morgan fingerprint density at radius 1 is 1.14 bits per heavy atom. The molecule has 3 saturated carbocycles. The second-order valence-electron chi connectivity index (χ2n) is 10.2. The van der Waals surface area contributed by atoms with Crippen molar-refractivity contribution in [3.05, 3.63) is 23.8 Å². The van der Waals surface area contributed by atoms with Gasteiger partial charge in [0.15, 0.2) is 5.78 Å². The van der Waals surface area contributed by atoms with E-state index in [4.69, 9.17) is 4.74 Å². The van der Waals surface area contributed by atoms with Gasteiger partial charge in [-0.2, -0.15) is 0 Å². The molecule has 4 rings (SSSR count). The maximum Gasteiger partial charge on any atom is 0.330 e. The van der Waals surface area contributed by atoms with Gasteiger partial charge in [-0.1, -0.05) is 25.5 Å². The minimum absolute atomic E-state index is 0.211. The van der Waals surface area contributed by atoms with Gasteiger partial charge in [0, 0.05) is 12.5 Å². The first-order valence-corrected chi connectivity index (χ1v) is 11.5. The summed E-state index contributed by atoms with van der Waals surface area (Å²) in [6.45, 7) is 7.28. The summed E-state index contributed by atoms with van der Waals surface area (Å²) < 4.78 is 5.02. The second-order valence-corrected chi connectivity index (χ2v) is 10.2. The lowest BCUT2D eigenvalue weighted by atomic mass is 9.47. The fourth-order valence-corrected chi connectivity index (χ4v) is 7.57. The van der Waals surface area contributed by atoms with Crippen molar-refractivity contribution in [2.45, 2.75) is 78.6 Å². The molecule has 3 heteroatoms. The average Bonchev–Trinajstić information content (AvgIpc) is 2.99. The number of hydrogen-bond donors (Lipinski definition) is 0. The van der Waals surface area contributed by atoms with E-state index >= 15 is 0 Å². The van der Waals surface area contributed by atoms with Gasteiger partial charge in [-0.3, -0.25) is 4.79 Å². The highest BCUT2D eigenvalue weighted by Gasteiger charge is 2.58. The number of ketones is 1. The van der Waals surface area contributed by atoms with Crippen LogP contribution in [0.2, 0.25) is 0 Å². The summed E-state index contributed by atoms with van der Waals surface area (Å²) in [4.78, 5) is 23.6. The number of fused-ring (bicyclic) bond motifs is 5. The molecular weight excluding hydrogens is 348 g/mol. The van der Waals surface area contributed by atoms with Crippen LogP contribution in [0, 0.1) is 34.5 Å². The lowest BCUT2D eigenvalue weighted by molar-refractivity contribution is -0.137. The smallest absolute Gasteiger partial charge is 0.330 e. The van der Waals surface area contributed by atoms with E-state index in [2.05, 4.69) is 19.9 Å². The van der Waals surface area contributed by atoms with Crippen molar-refractivity contribution < 1.29 is 14.3 Å². The minimum atomic E-state index is -0.211. The number of hydrogen-bond acceptors (Lipinski definition) is 3. The molecule has 28 heavy (non-hydrogen) atoms. The van der Waals surface area contributed by atoms with Crippen LogP contribution in [0.25, 0.3) is 0 Å². The summed E-state index contributed by atoms with van der Waals surface area (Å²) in [7, 11) is 0. The van der Waals surface area contributed by atoms with E-state index < -0.39 is 0 Å². The Morgan fingerprint density at radius 3 is 2.75 bits per heavy atom. The number of allylic oxidation sites excluding steroid dienone is 2. The van der Waals surface area contributed by atoms with Crippen LogP contribution in [0.5, 0.6) is 0 Å². The minimum Gasteiger partial charge on any atom is -0.463 e. The van der Waals surface area contributed by atoms with Gasteiger partial charge in [-0.15, -0.1) is 0 Å². The Kier molecular flexibility index (Phi) is 5.31. The molecule has 0 amide bonds. The summed E-state index contributed by atoms with van der Waals surface area (Å²) in [6.07, 6.45) is 16.1. The molecule has 3 fully saturated rings. The first kappa shape index (κ1) is 19.9. The molecule has 0 heterocycles. The van der Waals surface area contributed by atoms with Crippen LogP contribution in [-0.4, -0.2) is 18.4 Å². The standard InChI is InChI=1S/C25H36O3/c1-4-28-23(27)7-5-6-17-9-11-21-20-10-8-18-16-19(26)12-14-25(18,3)22(20)13-15-24(17,21)2/h5,7,16-17,20-22H,4,6,8-15H2,1-3H3/b7-5+/t17-,20?,21?,22?,24?,25?/m0/s1. The Balaban J connectivity index is 1.49. The maximum atomic E-state index is 12.0. The number of carbonyl (C=O) groups is 2. The fourth-order valence-electron chi connectivity index (χ4n) is 7.57. The largest absolute Gasteiger partial charge is 0.463 e. The molecule has 0 N–H and O–H groups in total. The predicted octanol–water partition coefficient (Wildman–Crippen LogP) is 5.64. The van der Waals surface area contributed by atoms with Crippen LogP contribution >= 0.6 is 0 Å². The molecule has 0 aromatic carbocycles. The summed E-state index contributed by atoms with van der Waals surface area (Å²) >= 11 is 0. The molecule has 0 aromatic heterocycles. The molecular formula is C25H36O3. The molecule has 4 aliphatic carbocycles. The van der Waals surface area contributed by atoms with Crippen LogP contribution in [0.15, 0.2) is 23.8 Å². The number of esters is 1. The normalized spacial score (nSPS) is 42.5. The third-order valence-corrected chi connectivity index (χ3v) is 9.12. The van der Waals surface area contributed by atoms with Crippen LogP contribution in [0.1, 0.15) is 78.6 Å².